The van der Waals surface area contributed by atoms with Crippen molar-refractivity contribution in [1.82, 2.24) is 9.78 Å². The zero-order valence-electron chi connectivity index (χ0n) is 15.5. The van der Waals surface area contributed by atoms with Crippen molar-refractivity contribution >= 4 is 11.6 Å². The fourth-order valence-electron chi connectivity index (χ4n) is 2.97. The summed E-state index contributed by atoms with van der Waals surface area (Å²) >= 11 is 0. The molecular weight excluding hydrogens is 326 g/mol. The van der Waals surface area contributed by atoms with E-state index in [1.54, 1.807) is 25.3 Å². The van der Waals surface area contributed by atoms with Crippen molar-refractivity contribution < 1.29 is 9.53 Å². The van der Waals surface area contributed by atoms with Crippen LogP contribution in [-0.4, -0.2) is 22.8 Å². The molecule has 134 valence electrons. The molecule has 3 rings (SSSR count). The molecule has 0 saturated carbocycles. The zero-order chi connectivity index (χ0) is 18.7. The molecule has 5 heteroatoms. The highest BCUT2D eigenvalue weighted by Gasteiger charge is 2.16. The number of ether oxygens (including phenoxy) is 1. The third-order valence-corrected chi connectivity index (χ3v) is 4.37. The van der Waals surface area contributed by atoms with E-state index in [1.807, 2.05) is 30.7 Å². The SMILES string of the molecule is COc1cccc(C(=O)Nc2c(C)nn(Cc3cccc(C)c3)c2C)c1. The molecule has 0 spiro atoms. The van der Waals surface area contributed by atoms with Crippen LogP contribution in [-0.2, 0) is 6.54 Å². The molecule has 1 aromatic heterocycles. The Hall–Kier alpha value is -3.08. The molecule has 1 heterocycles. The van der Waals surface area contributed by atoms with Crippen LogP contribution in [0, 0.1) is 20.8 Å². The molecule has 3 aromatic rings. The quantitative estimate of drug-likeness (QED) is 0.754. The number of hydrogen-bond acceptors (Lipinski definition) is 3. The van der Waals surface area contributed by atoms with Gasteiger partial charge in [0.2, 0.25) is 0 Å². The van der Waals surface area contributed by atoms with Crippen molar-refractivity contribution in [1.29, 1.82) is 0 Å². The molecule has 0 aliphatic heterocycles. The molecule has 0 aliphatic rings. The normalized spacial score (nSPS) is 10.6. The lowest BCUT2D eigenvalue weighted by atomic mass is 10.1. The standard InChI is InChI=1S/C21H23N3O2/c1-14-7-5-8-17(11-14)13-24-16(3)20(15(2)23-24)22-21(25)18-9-6-10-19(12-18)26-4/h5-12H,13H2,1-4H3,(H,22,25). The van der Waals surface area contributed by atoms with Gasteiger partial charge in [-0.2, -0.15) is 5.10 Å². The maximum atomic E-state index is 12.6. The minimum atomic E-state index is -0.176. The van der Waals surface area contributed by atoms with Crippen molar-refractivity contribution in [3.05, 3.63) is 76.6 Å². The van der Waals surface area contributed by atoms with Crippen LogP contribution < -0.4 is 10.1 Å². The highest BCUT2D eigenvalue weighted by molar-refractivity contribution is 6.05. The summed E-state index contributed by atoms with van der Waals surface area (Å²) in [6.07, 6.45) is 0. The van der Waals surface area contributed by atoms with Crippen LogP contribution in [0.1, 0.15) is 32.9 Å². The van der Waals surface area contributed by atoms with E-state index >= 15 is 0 Å². The highest BCUT2D eigenvalue weighted by Crippen LogP contribution is 2.22. The summed E-state index contributed by atoms with van der Waals surface area (Å²) in [5, 5.41) is 7.58. The molecule has 0 radical (unpaired) electrons. The Kier molecular flexibility index (Phi) is 5.07. The van der Waals surface area contributed by atoms with Crippen LogP contribution >= 0.6 is 0 Å². The third-order valence-electron chi connectivity index (χ3n) is 4.37. The van der Waals surface area contributed by atoms with Crippen LogP contribution in [0.25, 0.3) is 0 Å². The predicted octanol–water partition coefficient (Wildman–Crippen LogP) is 4.12. The van der Waals surface area contributed by atoms with E-state index in [-0.39, 0.29) is 5.91 Å². The van der Waals surface area contributed by atoms with Crippen LogP contribution in [0.15, 0.2) is 48.5 Å². The number of hydrogen-bond donors (Lipinski definition) is 1. The van der Waals surface area contributed by atoms with Crippen molar-refractivity contribution in [3.63, 3.8) is 0 Å². The van der Waals surface area contributed by atoms with Gasteiger partial charge in [0.05, 0.1) is 30.7 Å². The van der Waals surface area contributed by atoms with Crippen molar-refractivity contribution in [3.8, 4) is 5.75 Å². The Balaban J connectivity index is 1.82. The van der Waals surface area contributed by atoms with Gasteiger partial charge >= 0.3 is 0 Å². The van der Waals surface area contributed by atoms with Gasteiger partial charge < -0.3 is 10.1 Å². The second-order valence-corrected chi connectivity index (χ2v) is 6.38. The largest absolute Gasteiger partial charge is 0.497 e. The second kappa shape index (κ2) is 7.44. The first-order valence-corrected chi connectivity index (χ1v) is 8.53. The van der Waals surface area contributed by atoms with Gasteiger partial charge in [-0.1, -0.05) is 35.9 Å². The number of carbonyl (C=O) groups excluding carboxylic acids is 1. The molecule has 1 amide bonds. The van der Waals surface area contributed by atoms with Gasteiger partial charge in [-0.15, -0.1) is 0 Å². The number of anilines is 1. The van der Waals surface area contributed by atoms with Crippen LogP contribution in [0.5, 0.6) is 5.75 Å². The molecule has 1 N–H and O–H groups in total. The van der Waals surface area contributed by atoms with Gasteiger partial charge in [0.25, 0.3) is 5.91 Å². The Morgan fingerprint density at radius 1 is 1.12 bits per heavy atom. The second-order valence-electron chi connectivity index (χ2n) is 6.38. The molecule has 2 aromatic carbocycles. The predicted molar refractivity (Wildman–Crippen MR) is 103 cm³/mol. The molecular formula is C21H23N3O2. The number of methoxy groups -OCH3 is 1. The van der Waals surface area contributed by atoms with E-state index < -0.39 is 0 Å². The third kappa shape index (κ3) is 3.77. The van der Waals surface area contributed by atoms with Crippen molar-refractivity contribution in [2.24, 2.45) is 0 Å². The number of amides is 1. The molecule has 0 aliphatic carbocycles. The Bertz CT molecular complexity index is 944. The van der Waals surface area contributed by atoms with Crippen molar-refractivity contribution in [2.45, 2.75) is 27.3 Å². The van der Waals surface area contributed by atoms with E-state index in [0.29, 0.717) is 17.9 Å². The van der Waals surface area contributed by atoms with Gasteiger partial charge in [0.1, 0.15) is 5.75 Å². The summed E-state index contributed by atoms with van der Waals surface area (Å²) in [7, 11) is 1.58. The smallest absolute Gasteiger partial charge is 0.255 e. The van der Waals surface area contributed by atoms with Gasteiger partial charge in [0.15, 0.2) is 0 Å². The van der Waals surface area contributed by atoms with Crippen LogP contribution in [0.3, 0.4) is 0 Å². The Labute approximate surface area is 153 Å². The first-order valence-electron chi connectivity index (χ1n) is 8.53. The minimum Gasteiger partial charge on any atom is -0.497 e. The molecule has 0 fully saturated rings. The number of nitrogens with one attached hydrogen (secondary N) is 1. The lowest BCUT2D eigenvalue weighted by molar-refractivity contribution is 0.102. The molecule has 0 bridgehead atoms. The Morgan fingerprint density at radius 3 is 2.62 bits per heavy atom. The fourth-order valence-corrected chi connectivity index (χ4v) is 2.97. The fraction of sp³-hybridized carbons (Fsp3) is 0.238. The monoisotopic (exact) mass is 349 g/mol. The molecule has 0 atom stereocenters. The summed E-state index contributed by atoms with van der Waals surface area (Å²) in [5.41, 5.74) is 5.43. The molecule has 0 unspecified atom stereocenters. The summed E-state index contributed by atoms with van der Waals surface area (Å²) in [6, 6.07) is 15.4. The lowest BCUT2D eigenvalue weighted by Crippen LogP contribution is -2.13. The van der Waals surface area contributed by atoms with Gasteiger partial charge in [-0.25, -0.2) is 0 Å². The first-order chi connectivity index (χ1) is 12.5. The van der Waals surface area contributed by atoms with E-state index in [0.717, 1.165) is 17.1 Å². The number of aromatic nitrogens is 2. The van der Waals surface area contributed by atoms with E-state index in [4.69, 9.17) is 4.74 Å². The number of benzene rings is 2. The zero-order valence-corrected chi connectivity index (χ0v) is 15.5. The molecule has 26 heavy (non-hydrogen) atoms. The number of nitrogens with zero attached hydrogens (tertiary/aromatic N) is 2. The first kappa shape index (κ1) is 17.7. The summed E-state index contributed by atoms with van der Waals surface area (Å²) in [4.78, 5) is 12.6. The topological polar surface area (TPSA) is 56.1 Å². The average Bonchev–Trinajstić information content (AvgIpc) is 2.89. The van der Waals surface area contributed by atoms with E-state index in [9.17, 15) is 4.79 Å². The van der Waals surface area contributed by atoms with Gasteiger partial charge in [-0.3, -0.25) is 9.48 Å². The van der Waals surface area contributed by atoms with Crippen LogP contribution in [0.4, 0.5) is 5.69 Å². The summed E-state index contributed by atoms with van der Waals surface area (Å²) in [5.74, 6) is 0.478. The van der Waals surface area contributed by atoms with Crippen LogP contribution in [0.2, 0.25) is 0 Å². The molecule has 5 nitrogen and oxygen atoms in total. The number of carbonyl (C=O) groups is 1. The summed E-state index contributed by atoms with van der Waals surface area (Å²) in [6.45, 7) is 6.62. The average molecular weight is 349 g/mol. The van der Waals surface area contributed by atoms with Crippen molar-refractivity contribution in [2.75, 3.05) is 12.4 Å². The minimum absolute atomic E-state index is 0.176. The van der Waals surface area contributed by atoms with E-state index in [1.165, 1.54) is 11.1 Å². The summed E-state index contributed by atoms with van der Waals surface area (Å²) < 4.78 is 7.11. The number of rotatable bonds is 5. The van der Waals surface area contributed by atoms with Gasteiger partial charge in [-0.05, 0) is 44.5 Å². The number of aryl methyl sites for hydroxylation is 2. The van der Waals surface area contributed by atoms with E-state index in [2.05, 4.69) is 35.5 Å². The lowest BCUT2D eigenvalue weighted by Gasteiger charge is -2.08. The maximum absolute atomic E-state index is 12.6. The maximum Gasteiger partial charge on any atom is 0.255 e. The molecule has 0 saturated heterocycles. The highest BCUT2D eigenvalue weighted by atomic mass is 16.5. The Morgan fingerprint density at radius 2 is 1.88 bits per heavy atom. The van der Waals surface area contributed by atoms with Gasteiger partial charge in [0, 0.05) is 5.56 Å².